The fraction of sp³-hybridized carbons (Fsp3) is 0.737. The predicted molar refractivity (Wildman–Crippen MR) is 99.1 cm³/mol. The SMILES string of the molecule is CCC[CH2][Sn]([C]#CC#C[C](=[W])N(C)C)([CH2]CCC)[CH2]CCC. The summed E-state index contributed by atoms with van der Waals surface area (Å²) in [6, 6.07) is 0. The van der Waals surface area contributed by atoms with Gasteiger partial charge in [-0.05, 0) is 0 Å². The third kappa shape index (κ3) is 10.3. The van der Waals surface area contributed by atoms with Crippen LogP contribution >= 0.6 is 0 Å². The Bertz CT molecular complexity index is 412. The number of rotatable bonds is 10. The Hall–Kier alpha value is 0.437. The van der Waals surface area contributed by atoms with E-state index in [1.807, 2.05) is 0 Å². The van der Waals surface area contributed by atoms with Gasteiger partial charge in [0.2, 0.25) is 0 Å². The number of hydrogen-bond acceptors (Lipinski definition) is 1. The fourth-order valence-electron chi connectivity index (χ4n) is 2.47. The van der Waals surface area contributed by atoms with Crippen molar-refractivity contribution in [3.63, 3.8) is 0 Å². The van der Waals surface area contributed by atoms with Crippen molar-refractivity contribution in [2.45, 2.75) is 72.6 Å². The van der Waals surface area contributed by atoms with Crippen LogP contribution in [0, 0.1) is 21.7 Å². The molecule has 0 rings (SSSR count). The summed E-state index contributed by atoms with van der Waals surface area (Å²) in [5.41, 5.74) is 0. The Morgan fingerprint density at radius 2 is 1.32 bits per heavy atom. The molecule has 22 heavy (non-hydrogen) atoms. The molecule has 0 unspecified atom stereocenters. The van der Waals surface area contributed by atoms with Crippen LogP contribution in [0.4, 0.5) is 0 Å². The van der Waals surface area contributed by atoms with Crippen LogP contribution in [-0.4, -0.2) is 41.4 Å². The molecule has 0 aliphatic heterocycles. The van der Waals surface area contributed by atoms with Crippen LogP contribution in [0.5, 0.6) is 0 Å². The summed E-state index contributed by atoms with van der Waals surface area (Å²) < 4.78 is 9.31. The average Bonchev–Trinajstić information content (AvgIpc) is 2.52. The normalized spacial score (nSPS) is 10.6. The molecule has 0 aromatic heterocycles. The van der Waals surface area contributed by atoms with E-state index in [9.17, 15) is 0 Å². The second-order valence-corrected chi connectivity index (χ2v) is 20.0. The molecule has 0 atom stereocenters. The third-order valence-corrected chi connectivity index (χ3v) is 18.8. The molecule has 0 aromatic rings. The van der Waals surface area contributed by atoms with Crippen molar-refractivity contribution < 1.29 is 19.4 Å². The van der Waals surface area contributed by atoms with Gasteiger partial charge in [0, 0.05) is 0 Å². The summed E-state index contributed by atoms with van der Waals surface area (Å²) in [5.74, 6) is 9.63. The molecule has 0 heterocycles. The molecule has 0 saturated heterocycles. The molecular formula is C19H33NSnW. The molecule has 0 N–H and O–H groups in total. The molecule has 1 nitrogen and oxygen atoms in total. The van der Waals surface area contributed by atoms with E-state index in [0.29, 0.717) is 0 Å². The van der Waals surface area contributed by atoms with Gasteiger partial charge in [-0.15, -0.1) is 0 Å². The minimum absolute atomic E-state index is 1.17. The maximum absolute atomic E-state index is 3.80. The Morgan fingerprint density at radius 3 is 1.68 bits per heavy atom. The van der Waals surface area contributed by atoms with Crippen molar-refractivity contribution in [3.05, 3.63) is 0 Å². The van der Waals surface area contributed by atoms with Gasteiger partial charge in [0.1, 0.15) is 0 Å². The minimum atomic E-state index is -2.28. The molecule has 3 heteroatoms. The summed E-state index contributed by atoms with van der Waals surface area (Å²) in [4.78, 5) is 2.09. The topological polar surface area (TPSA) is 3.24 Å². The summed E-state index contributed by atoms with van der Waals surface area (Å²) in [6.07, 6.45) is 8.04. The number of nitrogens with zero attached hydrogens (tertiary/aromatic N) is 1. The molecule has 0 fully saturated rings. The van der Waals surface area contributed by atoms with Crippen molar-refractivity contribution >= 4 is 22.4 Å². The second-order valence-electron chi connectivity index (χ2n) is 6.29. The van der Waals surface area contributed by atoms with Crippen molar-refractivity contribution in [2.24, 2.45) is 0 Å². The fourth-order valence-corrected chi connectivity index (χ4v) is 15.6. The molecule has 0 amide bonds. The molecule has 0 aromatic carbocycles. The van der Waals surface area contributed by atoms with Crippen molar-refractivity contribution in [1.29, 1.82) is 0 Å². The summed E-state index contributed by atoms with van der Waals surface area (Å²) in [6.45, 7) is 6.92. The molecule has 0 spiro atoms. The van der Waals surface area contributed by atoms with Gasteiger partial charge < -0.3 is 0 Å². The number of unbranched alkanes of at least 4 members (excludes halogenated alkanes) is 3. The van der Waals surface area contributed by atoms with E-state index in [1.54, 1.807) is 0 Å². The van der Waals surface area contributed by atoms with Crippen LogP contribution in [0.25, 0.3) is 0 Å². The zero-order chi connectivity index (χ0) is 16.8. The Kier molecular flexibility index (Phi) is 14.1. The molecular weight excluding hydrogens is 545 g/mol. The third-order valence-electron chi connectivity index (χ3n) is 3.99. The van der Waals surface area contributed by atoms with Gasteiger partial charge in [-0.2, -0.15) is 0 Å². The van der Waals surface area contributed by atoms with E-state index in [-0.39, 0.29) is 0 Å². The van der Waals surface area contributed by atoms with E-state index in [1.165, 1.54) is 75.2 Å². The molecule has 0 saturated carbocycles. The van der Waals surface area contributed by atoms with Crippen LogP contribution < -0.4 is 0 Å². The van der Waals surface area contributed by atoms with Crippen LogP contribution in [-0.2, 0) is 19.4 Å². The predicted octanol–water partition coefficient (Wildman–Crippen LogP) is 4.62. The van der Waals surface area contributed by atoms with Crippen molar-refractivity contribution in [2.75, 3.05) is 14.1 Å². The first kappa shape index (κ1) is 22.4. The van der Waals surface area contributed by atoms with E-state index in [4.69, 9.17) is 0 Å². The van der Waals surface area contributed by atoms with Gasteiger partial charge >= 0.3 is 155 Å². The Labute approximate surface area is 154 Å². The first-order chi connectivity index (χ1) is 10.5. The molecule has 0 bridgehead atoms. The van der Waals surface area contributed by atoms with Crippen molar-refractivity contribution in [3.8, 4) is 21.7 Å². The average molecular weight is 578 g/mol. The van der Waals surface area contributed by atoms with E-state index in [0.717, 1.165) is 0 Å². The maximum atomic E-state index is 3.80. The van der Waals surface area contributed by atoms with Crippen LogP contribution in [0.3, 0.4) is 0 Å². The van der Waals surface area contributed by atoms with Gasteiger partial charge in [-0.1, -0.05) is 0 Å². The van der Waals surface area contributed by atoms with Gasteiger partial charge in [-0.25, -0.2) is 0 Å². The van der Waals surface area contributed by atoms with Gasteiger partial charge in [0.15, 0.2) is 0 Å². The number of hydrogen-bond donors (Lipinski definition) is 0. The quantitative estimate of drug-likeness (QED) is 0.271. The van der Waals surface area contributed by atoms with Crippen LogP contribution in [0.15, 0.2) is 0 Å². The molecule has 0 aliphatic carbocycles. The molecule has 0 radical (unpaired) electrons. The zero-order valence-electron chi connectivity index (χ0n) is 15.2. The van der Waals surface area contributed by atoms with Crippen molar-refractivity contribution in [1.82, 2.24) is 4.90 Å². The summed E-state index contributed by atoms with van der Waals surface area (Å²) in [5, 5.41) is 0. The van der Waals surface area contributed by atoms with E-state index in [2.05, 4.69) is 61.5 Å². The first-order valence-corrected chi connectivity index (χ1v) is 17.7. The Balaban J connectivity index is 5.12. The molecule has 0 aliphatic rings. The first-order valence-electron chi connectivity index (χ1n) is 8.75. The Morgan fingerprint density at radius 1 is 0.864 bits per heavy atom. The monoisotopic (exact) mass is 579 g/mol. The van der Waals surface area contributed by atoms with Gasteiger partial charge in [-0.3, -0.25) is 0 Å². The summed E-state index contributed by atoms with van der Waals surface area (Å²) >= 11 is -0.854. The van der Waals surface area contributed by atoms with Crippen LogP contribution in [0.2, 0.25) is 13.3 Å². The summed E-state index contributed by atoms with van der Waals surface area (Å²) in [7, 11) is 4.11. The van der Waals surface area contributed by atoms with E-state index >= 15 is 0 Å². The standard InChI is InChI=1S/C7H6N.3C4H9.Sn.W/c1-4-5-6-7-8(2)3;3*1-3-4-2;;/h2-3H3;3*1,3-4H2,2H3;;. The molecule has 124 valence electrons. The van der Waals surface area contributed by atoms with Gasteiger partial charge in [0.05, 0.1) is 0 Å². The zero-order valence-corrected chi connectivity index (χ0v) is 21.0. The second kappa shape index (κ2) is 13.8. The van der Waals surface area contributed by atoms with Crippen LogP contribution in [0.1, 0.15) is 59.3 Å². The van der Waals surface area contributed by atoms with Gasteiger partial charge in [0.25, 0.3) is 0 Å². The van der Waals surface area contributed by atoms with E-state index < -0.39 is 18.4 Å².